The standard InChI is InChI=1S/C21H17NO/c23-21-17-13-7-8-14-18(17)22-20(16-11-5-2-6-12-16)19(21)15-9-3-1-4-10-15/h1-14,19-20,22H/t19-,20+/m0/s1. The molecule has 0 aliphatic carbocycles. The molecule has 0 radical (unpaired) electrons. The van der Waals surface area contributed by atoms with Crippen LogP contribution < -0.4 is 5.32 Å². The minimum absolute atomic E-state index is 0.0546. The summed E-state index contributed by atoms with van der Waals surface area (Å²) in [7, 11) is 0. The SMILES string of the molecule is O=C1c2ccccc2N[C@H](c2ccccc2)[C@@H]1c1ccccc1. The number of anilines is 1. The van der Waals surface area contributed by atoms with E-state index in [0.29, 0.717) is 0 Å². The Labute approximate surface area is 135 Å². The lowest BCUT2D eigenvalue weighted by molar-refractivity contribution is 0.0945. The Morgan fingerprint density at radius 2 is 1.22 bits per heavy atom. The molecule has 112 valence electrons. The number of hydrogen-bond acceptors (Lipinski definition) is 2. The third-order valence-electron chi connectivity index (χ3n) is 4.44. The fraction of sp³-hybridized carbons (Fsp3) is 0.0952. The van der Waals surface area contributed by atoms with Crippen LogP contribution in [0.1, 0.15) is 33.4 Å². The summed E-state index contributed by atoms with van der Waals surface area (Å²) in [5.41, 5.74) is 3.87. The Hall–Kier alpha value is -2.87. The smallest absolute Gasteiger partial charge is 0.174 e. The van der Waals surface area contributed by atoms with Crippen LogP contribution in [0.25, 0.3) is 0 Å². The maximum absolute atomic E-state index is 13.2. The summed E-state index contributed by atoms with van der Waals surface area (Å²) >= 11 is 0. The highest BCUT2D eigenvalue weighted by Crippen LogP contribution is 2.42. The Kier molecular flexibility index (Phi) is 3.43. The largest absolute Gasteiger partial charge is 0.377 e. The molecule has 2 atom stereocenters. The molecule has 4 rings (SSSR count). The predicted molar refractivity (Wildman–Crippen MR) is 92.8 cm³/mol. The number of carbonyl (C=O) groups excluding carboxylic acids is 1. The van der Waals surface area contributed by atoms with Crippen LogP contribution in [-0.2, 0) is 0 Å². The second kappa shape index (κ2) is 5.73. The zero-order valence-electron chi connectivity index (χ0n) is 12.6. The van der Waals surface area contributed by atoms with E-state index >= 15 is 0 Å². The highest BCUT2D eigenvalue weighted by atomic mass is 16.1. The molecule has 0 unspecified atom stereocenters. The fourth-order valence-electron chi connectivity index (χ4n) is 3.33. The Balaban J connectivity index is 1.87. The van der Waals surface area contributed by atoms with Crippen molar-refractivity contribution >= 4 is 11.5 Å². The van der Waals surface area contributed by atoms with Gasteiger partial charge in [0.25, 0.3) is 0 Å². The lowest BCUT2D eigenvalue weighted by Crippen LogP contribution is -2.31. The van der Waals surface area contributed by atoms with E-state index < -0.39 is 0 Å². The van der Waals surface area contributed by atoms with Gasteiger partial charge in [0.05, 0.1) is 12.0 Å². The summed E-state index contributed by atoms with van der Waals surface area (Å²) in [6.45, 7) is 0. The van der Waals surface area contributed by atoms with Crippen LogP contribution >= 0.6 is 0 Å². The average molecular weight is 299 g/mol. The van der Waals surface area contributed by atoms with Crippen molar-refractivity contribution in [2.75, 3.05) is 5.32 Å². The lowest BCUT2D eigenvalue weighted by atomic mass is 9.78. The highest BCUT2D eigenvalue weighted by Gasteiger charge is 2.36. The Morgan fingerprint density at radius 3 is 1.91 bits per heavy atom. The first kappa shape index (κ1) is 13.8. The Bertz CT molecular complexity index is 827. The van der Waals surface area contributed by atoms with Crippen LogP contribution in [0.5, 0.6) is 0 Å². The molecule has 0 saturated carbocycles. The monoisotopic (exact) mass is 299 g/mol. The molecular formula is C21H17NO. The number of para-hydroxylation sites is 1. The zero-order valence-corrected chi connectivity index (χ0v) is 12.6. The summed E-state index contributed by atoms with van der Waals surface area (Å²) < 4.78 is 0. The van der Waals surface area contributed by atoms with Gasteiger partial charge in [-0.25, -0.2) is 0 Å². The molecule has 0 saturated heterocycles. The number of hydrogen-bond donors (Lipinski definition) is 1. The number of ketones is 1. The van der Waals surface area contributed by atoms with E-state index in [9.17, 15) is 4.79 Å². The predicted octanol–water partition coefficient (Wildman–Crippen LogP) is 4.82. The van der Waals surface area contributed by atoms with E-state index in [4.69, 9.17) is 0 Å². The molecular weight excluding hydrogens is 282 g/mol. The second-order valence-corrected chi connectivity index (χ2v) is 5.83. The minimum atomic E-state index is -0.214. The van der Waals surface area contributed by atoms with Crippen LogP contribution in [-0.4, -0.2) is 5.78 Å². The van der Waals surface area contributed by atoms with Gasteiger partial charge in [-0.3, -0.25) is 4.79 Å². The van der Waals surface area contributed by atoms with E-state index in [0.717, 1.165) is 22.4 Å². The van der Waals surface area contributed by atoms with Gasteiger partial charge in [-0.2, -0.15) is 0 Å². The maximum Gasteiger partial charge on any atom is 0.174 e. The molecule has 1 aliphatic heterocycles. The van der Waals surface area contributed by atoms with Gasteiger partial charge in [0.2, 0.25) is 0 Å². The van der Waals surface area contributed by atoms with Gasteiger partial charge in [0.1, 0.15) is 0 Å². The van der Waals surface area contributed by atoms with Crippen LogP contribution in [0.2, 0.25) is 0 Å². The summed E-state index contributed by atoms with van der Waals surface area (Å²) in [6.07, 6.45) is 0. The molecule has 3 aromatic rings. The molecule has 3 aromatic carbocycles. The van der Waals surface area contributed by atoms with Crippen LogP contribution in [0, 0.1) is 0 Å². The third kappa shape index (κ3) is 2.42. The molecule has 1 N–H and O–H groups in total. The zero-order chi connectivity index (χ0) is 15.6. The first-order valence-electron chi connectivity index (χ1n) is 7.84. The van der Waals surface area contributed by atoms with Crippen LogP contribution in [0.3, 0.4) is 0 Å². The number of nitrogens with one attached hydrogen (secondary N) is 1. The number of benzene rings is 3. The lowest BCUT2D eigenvalue weighted by Gasteiger charge is -2.34. The van der Waals surface area contributed by atoms with Gasteiger partial charge < -0.3 is 5.32 Å². The molecule has 0 bridgehead atoms. The van der Waals surface area contributed by atoms with E-state index in [2.05, 4.69) is 17.4 Å². The number of fused-ring (bicyclic) bond motifs is 1. The van der Waals surface area contributed by atoms with Crippen molar-refractivity contribution < 1.29 is 4.79 Å². The topological polar surface area (TPSA) is 29.1 Å². The number of carbonyl (C=O) groups is 1. The van der Waals surface area contributed by atoms with Crippen molar-refractivity contribution in [2.45, 2.75) is 12.0 Å². The Morgan fingerprint density at radius 1 is 0.652 bits per heavy atom. The van der Waals surface area contributed by atoms with Gasteiger partial charge in [-0.15, -0.1) is 0 Å². The summed E-state index contributed by atoms with van der Waals surface area (Å²) in [5, 5.41) is 3.57. The van der Waals surface area contributed by atoms with Crippen LogP contribution in [0.15, 0.2) is 84.9 Å². The first-order chi connectivity index (χ1) is 11.3. The normalized spacial score (nSPS) is 19.7. The molecule has 2 heteroatoms. The quantitative estimate of drug-likeness (QED) is 0.735. The summed E-state index contributed by atoms with van der Waals surface area (Å²) in [4.78, 5) is 13.2. The fourth-order valence-corrected chi connectivity index (χ4v) is 3.33. The van der Waals surface area contributed by atoms with E-state index in [-0.39, 0.29) is 17.7 Å². The van der Waals surface area contributed by atoms with E-state index in [1.165, 1.54) is 0 Å². The second-order valence-electron chi connectivity index (χ2n) is 5.83. The number of rotatable bonds is 2. The van der Waals surface area contributed by atoms with Crippen molar-refractivity contribution in [3.05, 3.63) is 102 Å². The minimum Gasteiger partial charge on any atom is -0.377 e. The molecule has 0 amide bonds. The van der Waals surface area contributed by atoms with Crippen molar-refractivity contribution in [3.8, 4) is 0 Å². The summed E-state index contributed by atoms with van der Waals surface area (Å²) in [6, 6.07) is 27.9. The van der Waals surface area contributed by atoms with Crippen molar-refractivity contribution in [3.63, 3.8) is 0 Å². The van der Waals surface area contributed by atoms with Gasteiger partial charge >= 0.3 is 0 Å². The van der Waals surface area contributed by atoms with Crippen LogP contribution in [0.4, 0.5) is 5.69 Å². The highest BCUT2D eigenvalue weighted by molar-refractivity contribution is 6.07. The van der Waals surface area contributed by atoms with Crippen molar-refractivity contribution in [1.82, 2.24) is 0 Å². The average Bonchev–Trinajstić information content (AvgIpc) is 2.63. The molecule has 23 heavy (non-hydrogen) atoms. The molecule has 1 heterocycles. The van der Waals surface area contributed by atoms with Crippen molar-refractivity contribution in [1.29, 1.82) is 0 Å². The molecule has 1 aliphatic rings. The van der Waals surface area contributed by atoms with E-state index in [1.807, 2.05) is 72.8 Å². The first-order valence-corrected chi connectivity index (χ1v) is 7.84. The molecule has 0 fully saturated rings. The molecule has 0 spiro atoms. The molecule has 0 aromatic heterocycles. The van der Waals surface area contributed by atoms with Gasteiger partial charge in [0, 0.05) is 11.3 Å². The van der Waals surface area contributed by atoms with Crippen molar-refractivity contribution in [2.24, 2.45) is 0 Å². The van der Waals surface area contributed by atoms with Gasteiger partial charge in [-0.05, 0) is 23.3 Å². The van der Waals surface area contributed by atoms with Gasteiger partial charge in [-0.1, -0.05) is 72.8 Å². The van der Waals surface area contributed by atoms with Gasteiger partial charge in [0.15, 0.2) is 5.78 Å². The maximum atomic E-state index is 13.2. The van der Waals surface area contributed by atoms with E-state index in [1.54, 1.807) is 0 Å². The summed E-state index contributed by atoms with van der Waals surface area (Å²) in [5.74, 6) is -0.0343. The molecule has 2 nitrogen and oxygen atoms in total. The number of Topliss-reactive ketones (excluding diaryl/α,β-unsaturated/α-hetero) is 1. The third-order valence-corrected chi connectivity index (χ3v) is 4.44.